The predicted molar refractivity (Wildman–Crippen MR) is 93.5 cm³/mol. The summed E-state index contributed by atoms with van der Waals surface area (Å²) in [5.74, 6) is 0.0200. The second-order valence-electron chi connectivity index (χ2n) is 5.74. The first-order valence-corrected chi connectivity index (χ1v) is 8.75. The van der Waals surface area contributed by atoms with E-state index in [1.807, 2.05) is 13.1 Å². The summed E-state index contributed by atoms with van der Waals surface area (Å²) < 4.78 is 0. The van der Waals surface area contributed by atoms with Crippen molar-refractivity contribution in [2.24, 2.45) is 0 Å². The maximum Gasteiger partial charge on any atom is 0.227 e. The Balaban J connectivity index is 1.59. The van der Waals surface area contributed by atoms with E-state index < -0.39 is 0 Å². The van der Waals surface area contributed by atoms with Crippen LogP contribution in [0.1, 0.15) is 22.6 Å². The van der Waals surface area contributed by atoms with Crippen LogP contribution in [0.2, 0.25) is 0 Å². The van der Waals surface area contributed by atoms with Crippen molar-refractivity contribution in [2.75, 3.05) is 25.5 Å². The molecule has 1 aromatic heterocycles. The van der Waals surface area contributed by atoms with E-state index in [0.29, 0.717) is 13.0 Å². The Kier molecular flexibility index (Phi) is 5.38. The zero-order valence-electron chi connectivity index (χ0n) is 13.3. The van der Waals surface area contributed by atoms with Crippen molar-refractivity contribution >= 4 is 22.4 Å². The van der Waals surface area contributed by atoms with E-state index >= 15 is 0 Å². The van der Waals surface area contributed by atoms with Gasteiger partial charge in [0.1, 0.15) is 0 Å². The Morgan fingerprint density at radius 1 is 1.35 bits per heavy atom. The molecule has 5 nitrogen and oxygen atoms in total. The van der Waals surface area contributed by atoms with Crippen LogP contribution in [0.25, 0.3) is 0 Å². The van der Waals surface area contributed by atoms with Gasteiger partial charge in [0.25, 0.3) is 0 Å². The maximum atomic E-state index is 11.8. The van der Waals surface area contributed by atoms with E-state index in [2.05, 4.69) is 44.8 Å². The van der Waals surface area contributed by atoms with Crippen molar-refractivity contribution < 1.29 is 4.79 Å². The van der Waals surface area contributed by atoms with Gasteiger partial charge in [-0.2, -0.15) is 0 Å². The number of carbonyl (C=O) groups excluding carboxylic acids is 1. The Hall–Kier alpha value is -1.76. The van der Waals surface area contributed by atoms with Crippen LogP contribution in [0.15, 0.2) is 30.3 Å². The summed E-state index contributed by atoms with van der Waals surface area (Å²) in [4.78, 5) is 20.1. The van der Waals surface area contributed by atoms with Crippen LogP contribution in [0, 0.1) is 0 Å². The minimum atomic E-state index is 0.0200. The summed E-state index contributed by atoms with van der Waals surface area (Å²) in [5.41, 5.74) is 2.48. The first-order valence-electron chi connectivity index (χ1n) is 7.94. The summed E-state index contributed by atoms with van der Waals surface area (Å²) in [5, 5.41) is 6.62. The molecule has 1 aliphatic heterocycles. The number of amides is 1. The molecule has 0 atom stereocenters. The van der Waals surface area contributed by atoms with Gasteiger partial charge in [-0.05, 0) is 12.6 Å². The highest BCUT2D eigenvalue weighted by molar-refractivity contribution is 7.15. The Bertz CT molecular complexity index is 656. The summed E-state index contributed by atoms with van der Waals surface area (Å²) in [7, 11) is 1.84. The van der Waals surface area contributed by atoms with Gasteiger partial charge in [-0.3, -0.25) is 9.69 Å². The van der Waals surface area contributed by atoms with E-state index in [-0.39, 0.29) is 5.91 Å². The minimum absolute atomic E-state index is 0.0200. The molecule has 1 aliphatic rings. The molecule has 0 saturated carbocycles. The van der Waals surface area contributed by atoms with E-state index in [1.165, 1.54) is 10.4 Å². The van der Waals surface area contributed by atoms with Crippen LogP contribution in [0.3, 0.4) is 0 Å². The molecule has 122 valence electrons. The van der Waals surface area contributed by atoms with Gasteiger partial charge in [-0.25, -0.2) is 4.98 Å². The lowest BCUT2D eigenvalue weighted by Crippen LogP contribution is -2.29. The lowest BCUT2D eigenvalue weighted by atomic mass is 10.1. The standard InChI is InChI=1S/C17H22N4OS/c1-18-9-7-16(22)20-17-19-14-8-10-21(12-15(14)23-17)11-13-5-3-2-4-6-13/h2-6,18H,7-12H2,1H3,(H,19,20,22). The molecular formula is C17H22N4OS. The first kappa shape index (κ1) is 16.1. The monoisotopic (exact) mass is 330 g/mol. The van der Waals surface area contributed by atoms with Gasteiger partial charge < -0.3 is 10.6 Å². The SMILES string of the molecule is CNCCC(=O)Nc1nc2c(s1)CN(Cc1ccccc1)CC2. The normalized spacial score (nSPS) is 14.5. The molecule has 6 heteroatoms. The molecule has 0 saturated heterocycles. The van der Waals surface area contributed by atoms with E-state index in [9.17, 15) is 4.79 Å². The lowest BCUT2D eigenvalue weighted by Gasteiger charge is -2.25. The highest BCUT2D eigenvalue weighted by Crippen LogP contribution is 2.29. The van der Waals surface area contributed by atoms with Gasteiger partial charge in [0.2, 0.25) is 5.91 Å². The molecule has 2 aromatic rings. The number of anilines is 1. The molecule has 1 amide bonds. The lowest BCUT2D eigenvalue weighted by molar-refractivity contribution is -0.116. The summed E-state index contributed by atoms with van der Waals surface area (Å²) in [6.45, 7) is 3.57. The fraction of sp³-hybridized carbons (Fsp3) is 0.412. The molecule has 2 N–H and O–H groups in total. The third kappa shape index (κ3) is 4.37. The third-order valence-electron chi connectivity index (χ3n) is 3.91. The van der Waals surface area contributed by atoms with Crippen LogP contribution in [0.4, 0.5) is 5.13 Å². The van der Waals surface area contributed by atoms with Crippen LogP contribution >= 0.6 is 11.3 Å². The van der Waals surface area contributed by atoms with Crippen LogP contribution < -0.4 is 10.6 Å². The molecular weight excluding hydrogens is 308 g/mol. The Labute approximate surface area is 140 Å². The van der Waals surface area contributed by atoms with Crippen LogP contribution in [-0.2, 0) is 24.3 Å². The van der Waals surface area contributed by atoms with E-state index in [1.54, 1.807) is 11.3 Å². The van der Waals surface area contributed by atoms with Gasteiger partial charge in [0.15, 0.2) is 5.13 Å². The largest absolute Gasteiger partial charge is 0.319 e. The van der Waals surface area contributed by atoms with Gasteiger partial charge in [0, 0.05) is 43.9 Å². The molecule has 1 aromatic carbocycles. The number of benzene rings is 1. The molecule has 2 heterocycles. The van der Waals surface area contributed by atoms with Gasteiger partial charge >= 0.3 is 0 Å². The van der Waals surface area contributed by atoms with E-state index in [0.717, 1.165) is 36.9 Å². The topological polar surface area (TPSA) is 57.3 Å². The molecule has 0 unspecified atom stereocenters. The number of hydrogen-bond donors (Lipinski definition) is 2. The molecule has 0 fully saturated rings. The number of thiazole rings is 1. The van der Waals surface area contributed by atoms with Crippen molar-refractivity contribution in [3.05, 3.63) is 46.5 Å². The number of nitrogens with zero attached hydrogens (tertiary/aromatic N) is 2. The zero-order chi connectivity index (χ0) is 16.1. The second kappa shape index (κ2) is 7.68. The number of hydrogen-bond acceptors (Lipinski definition) is 5. The number of carbonyl (C=O) groups is 1. The van der Waals surface area contributed by atoms with Crippen molar-refractivity contribution in [2.45, 2.75) is 25.9 Å². The average molecular weight is 330 g/mol. The van der Waals surface area contributed by atoms with Crippen molar-refractivity contribution in [3.63, 3.8) is 0 Å². The van der Waals surface area contributed by atoms with Crippen LogP contribution in [0.5, 0.6) is 0 Å². The van der Waals surface area contributed by atoms with Gasteiger partial charge in [-0.15, -0.1) is 11.3 Å². The number of aromatic nitrogens is 1. The van der Waals surface area contributed by atoms with Crippen molar-refractivity contribution in [3.8, 4) is 0 Å². The summed E-state index contributed by atoms with van der Waals surface area (Å²) in [6.07, 6.45) is 1.42. The first-order chi connectivity index (χ1) is 11.2. The summed E-state index contributed by atoms with van der Waals surface area (Å²) >= 11 is 1.61. The fourth-order valence-corrected chi connectivity index (χ4v) is 3.77. The second-order valence-corrected chi connectivity index (χ2v) is 6.82. The fourth-order valence-electron chi connectivity index (χ4n) is 2.70. The number of nitrogens with one attached hydrogen (secondary N) is 2. The Morgan fingerprint density at radius 3 is 2.96 bits per heavy atom. The number of rotatable bonds is 6. The molecule has 0 aliphatic carbocycles. The smallest absolute Gasteiger partial charge is 0.227 e. The van der Waals surface area contributed by atoms with E-state index in [4.69, 9.17) is 0 Å². The molecule has 23 heavy (non-hydrogen) atoms. The van der Waals surface area contributed by atoms with Crippen molar-refractivity contribution in [1.82, 2.24) is 15.2 Å². The maximum absolute atomic E-state index is 11.8. The molecule has 0 bridgehead atoms. The predicted octanol–water partition coefficient (Wildman–Crippen LogP) is 2.25. The highest BCUT2D eigenvalue weighted by Gasteiger charge is 2.21. The van der Waals surface area contributed by atoms with Crippen molar-refractivity contribution in [1.29, 1.82) is 0 Å². The quantitative estimate of drug-likeness (QED) is 0.853. The van der Waals surface area contributed by atoms with Gasteiger partial charge in [0.05, 0.1) is 5.69 Å². The Morgan fingerprint density at radius 2 is 2.17 bits per heavy atom. The minimum Gasteiger partial charge on any atom is -0.319 e. The molecule has 0 spiro atoms. The number of fused-ring (bicyclic) bond motifs is 1. The summed E-state index contributed by atoms with van der Waals surface area (Å²) in [6, 6.07) is 10.5. The van der Waals surface area contributed by atoms with Crippen LogP contribution in [-0.4, -0.2) is 35.9 Å². The molecule has 3 rings (SSSR count). The average Bonchev–Trinajstić information content (AvgIpc) is 2.95. The third-order valence-corrected chi connectivity index (χ3v) is 4.91. The van der Waals surface area contributed by atoms with Gasteiger partial charge in [-0.1, -0.05) is 30.3 Å². The highest BCUT2D eigenvalue weighted by atomic mass is 32.1. The zero-order valence-corrected chi connectivity index (χ0v) is 14.2. The molecule has 0 radical (unpaired) electrons.